The Hall–Kier alpha value is -4.12. The molecule has 3 aromatic rings. The average Bonchev–Trinajstić information content (AvgIpc) is 2.86. The molecule has 10 nitrogen and oxygen atoms in total. The van der Waals surface area contributed by atoms with Crippen molar-refractivity contribution >= 4 is 21.8 Å². The molecule has 0 bridgehead atoms. The SMILES string of the molecule is CCOc1cccc(OCCc2cccc(OS(=O)(=O)c3ccc([N+](=O)[O-])cc3)c2)c1OC(=O)CC. The first kappa shape index (κ1) is 26.5. The third kappa shape index (κ3) is 6.95. The lowest BCUT2D eigenvalue weighted by molar-refractivity contribution is -0.384. The maximum absolute atomic E-state index is 12.6. The number of benzene rings is 3. The second-order valence-corrected chi connectivity index (χ2v) is 8.92. The summed E-state index contributed by atoms with van der Waals surface area (Å²) in [6.07, 6.45) is 0.588. The Labute approximate surface area is 208 Å². The Morgan fingerprint density at radius 2 is 1.61 bits per heavy atom. The van der Waals surface area contributed by atoms with Crippen molar-refractivity contribution in [1.29, 1.82) is 0 Å². The van der Waals surface area contributed by atoms with E-state index in [1.54, 1.807) is 43.3 Å². The molecule has 0 fully saturated rings. The number of para-hydroxylation sites is 1. The Morgan fingerprint density at radius 1 is 0.944 bits per heavy atom. The standard InChI is InChI=1S/C25H25NO9S/c1-3-24(27)34-25-22(32-4-2)9-6-10-23(25)33-16-15-18-7-5-8-20(17-18)35-36(30,31)21-13-11-19(12-14-21)26(28)29/h5-14,17H,3-4,15-16H2,1-2H3. The topological polar surface area (TPSA) is 131 Å². The molecule has 0 radical (unpaired) electrons. The molecule has 0 amide bonds. The molecule has 0 spiro atoms. The second-order valence-electron chi connectivity index (χ2n) is 7.38. The highest BCUT2D eigenvalue weighted by molar-refractivity contribution is 7.87. The lowest BCUT2D eigenvalue weighted by Crippen LogP contribution is -2.11. The van der Waals surface area contributed by atoms with E-state index in [1.807, 2.05) is 6.92 Å². The highest BCUT2D eigenvalue weighted by Gasteiger charge is 2.19. The van der Waals surface area contributed by atoms with Gasteiger partial charge in [0.2, 0.25) is 5.75 Å². The van der Waals surface area contributed by atoms with Gasteiger partial charge in [-0.1, -0.05) is 25.1 Å². The molecule has 0 aliphatic heterocycles. The van der Waals surface area contributed by atoms with Gasteiger partial charge in [-0.25, -0.2) is 0 Å². The van der Waals surface area contributed by atoms with E-state index in [9.17, 15) is 23.3 Å². The van der Waals surface area contributed by atoms with Gasteiger partial charge in [0, 0.05) is 25.0 Å². The van der Waals surface area contributed by atoms with Crippen molar-refractivity contribution in [1.82, 2.24) is 0 Å². The molecule has 0 aromatic heterocycles. The molecule has 0 atom stereocenters. The zero-order valence-electron chi connectivity index (χ0n) is 19.7. The second kappa shape index (κ2) is 12.0. The summed E-state index contributed by atoms with van der Waals surface area (Å²) in [6.45, 7) is 4.08. The number of carbonyl (C=O) groups excluding carboxylic acids is 1. The van der Waals surface area contributed by atoms with Crippen LogP contribution in [0, 0.1) is 10.1 Å². The number of hydrogen-bond acceptors (Lipinski definition) is 9. The normalized spacial score (nSPS) is 10.9. The van der Waals surface area contributed by atoms with E-state index in [-0.39, 0.29) is 35.1 Å². The van der Waals surface area contributed by atoms with E-state index < -0.39 is 21.0 Å². The van der Waals surface area contributed by atoms with Gasteiger partial charge in [-0.05, 0) is 48.9 Å². The Kier molecular flexibility index (Phi) is 8.85. The van der Waals surface area contributed by atoms with E-state index in [2.05, 4.69) is 0 Å². The van der Waals surface area contributed by atoms with Crippen molar-refractivity contribution in [3.8, 4) is 23.0 Å². The van der Waals surface area contributed by atoms with E-state index in [4.69, 9.17) is 18.4 Å². The predicted octanol–water partition coefficient (Wildman–Crippen LogP) is 4.70. The number of nitro benzene ring substituents is 1. The largest absolute Gasteiger partial charge is 0.490 e. The third-order valence-electron chi connectivity index (χ3n) is 4.84. The maximum atomic E-state index is 12.6. The van der Waals surface area contributed by atoms with Crippen LogP contribution in [0.3, 0.4) is 0 Å². The minimum atomic E-state index is -4.18. The minimum Gasteiger partial charge on any atom is -0.490 e. The van der Waals surface area contributed by atoms with Crippen LogP contribution in [0.2, 0.25) is 0 Å². The summed E-state index contributed by atoms with van der Waals surface area (Å²) in [4.78, 5) is 21.8. The van der Waals surface area contributed by atoms with E-state index in [0.29, 0.717) is 24.5 Å². The molecule has 0 saturated carbocycles. The number of rotatable bonds is 12. The fourth-order valence-corrected chi connectivity index (χ4v) is 4.03. The van der Waals surface area contributed by atoms with Crippen LogP contribution >= 0.6 is 0 Å². The van der Waals surface area contributed by atoms with Crippen LogP contribution in [0.5, 0.6) is 23.0 Å². The van der Waals surface area contributed by atoms with Gasteiger partial charge in [0.15, 0.2) is 11.5 Å². The molecule has 0 aliphatic carbocycles. The number of esters is 1. The third-order valence-corrected chi connectivity index (χ3v) is 6.10. The van der Waals surface area contributed by atoms with Crippen molar-refractivity contribution in [3.63, 3.8) is 0 Å². The van der Waals surface area contributed by atoms with E-state index in [1.165, 1.54) is 6.07 Å². The number of carbonyl (C=O) groups is 1. The minimum absolute atomic E-state index is 0.0850. The Balaban J connectivity index is 1.68. The molecule has 3 rings (SSSR count). The molecule has 3 aromatic carbocycles. The Bertz CT molecular complexity index is 1320. The summed E-state index contributed by atoms with van der Waals surface area (Å²) in [7, 11) is -4.18. The molecule has 190 valence electrons. The van der Waals surface area contributed by atoms with E-state index in [0.717, 1.165) is 29.8 Å². The van der Waals surface area contributed by atoms with Crippen LogP contribution in [0.25, 0.3) is 0 Å². The molecule has 36 heavy (non-hydrogen) atoms. The van der Waals surface area contributed by atoms with E-state index >= 15 is 0 Å². The van der Waals surface area contributed by atoms with Crippen molar-refractivity contribution in [2.45, 2.75) is 31.6 Å². The molecule has 0 aliphatic rings. The van der Waals surface area contributed by atoms with Crippen LogP contribution in [-0.2, 0) is 21.3 Å². The number of hydrogen-bond donors (Lipinski definition) is 0. The quantitative estimate of drug-likeness (QED) is 0.111. The van der Waals surface area contributed by atoms with Gasteiger partial charge >= 0.3 is 16.1 Å². The highest BCUT2D eigenvalue weighted by Crippen LogP contribution is 2.37. The van der Waals surface area contributed by atoms with Crippen molar-refractivity contribution in [2.24, 2.45) is 0 Å². The summed E-state index contributed by atoms with van der Waals surface area (Å²) in [5, 5.41) is 10.8. The van der Waals surface area contributed by atoms with Crippen molar-refractivity contribution < 1.29 is 36.5 Å². The molecule has 0 unspecified atom stereocenters. The van der Waals surface area contributed by atoms with Gasteiger partial charge in [0.1, 0.15) is 10.6 Å². The summed E-state index contributed by atoms with van der Waals surface area (Å²) >= 11 is 0. The number of nitro groups is 1. The summed E-state index contributed by atoms with van der Waals surface area (Å²) < 4.78 is 47.1. The maximum Gasteiger partial charge on any atom is 0.339 e. The zero-order valence-corrected chi connectivity index (χ0v) is 20.5. The lowest BCUT2D eigenvalue weighted by atomic mass is 10.1. The molecule has 11 heteroatoms. The Morgan fingerprint density at radius 3 is 2.25 bits per heavy atom. The summed E-state index contributed by atoms with van der Waals surface area (Å²) in [6, 6.07) is 16.0. The van der Waals surface area contributed by atoms with Crippen molar-refractivity contribution in [3.05, 3.63) is 82.4 Å². The van der Waals surface area contributed by atoms with Crippen LogP contribution in [0.15, 0.2) is 71.6 Å². The van der Waals surface area contributed by atoms with Gasteiger partial charge in [-0.3, -0.25) is 14.9 Å². The van der Waals surface area contributed by atoms with Gasteiger partial charge in [-0.2, -0.15) is 8.42 Å². The molecular weight excluding hydrogens is 490 g/mol. The van der Waals surface area contributed by atoms with Crippen LogP contribution < -0.4 is 18.4 Å². The van der Waals surface area contributed by atoms with Gasteiger partial charge < -0.3 is 18.4 Å². The predicted molar refractivity (Wildman–Crippen MR) is 130 cm³/mol. The number of nitrogens with zero attached hydrogens (tertiary/aromatic N) is 1. The van der Waals surface area contributed by atoms with Gasteiger partial charge in [-0.15, -0.1) is 0 Å². The average molecular weight is 516 g/mol. The fourth-order valence-electron chi connectivity index (χ4n) is 3.11. The number of non-ortho nitro benzene ring substituents is 1. The molecule has 0 saturated heterocycles. The molecule has 0 heterocycles. The van der Waals surface area contributed by atoms with Crippen LogP contribution in [0.4, 0.5) is 5.69 Å². The van der Waals surface area contributed by atoms with Crippen LogP contribution in [0.1, 0.15) is 25.8 Å². The van der Waals surface area contributed by atoms with Crippen molar-refractivity contribution in [2.75, 3.05) is 13.2 Å². The first-order valence-electron chi connectivity index (χ1n) is 11.1. The molecule has 0 N–H and O–H groups in total. The fraction of sp³-hybridized carbons (Fsp3) is 0.240. The van der Waals surface area contributed by atoms with Gasteiger partial charge in [0.05, 0.1) is 18.1 Å². The first-order valence-corrected chi connectivity index (χ1v) is 12.5. The lowest BCUT2D eigenvalue weighted by Gasteiger charge is -2.15. The van der Waals surface area contributed by atoms with Gasteiger partial charge in [0.25, 0.3) is 5.69 Å². The monoisotopic (exact) mass is 515 g/mol. The molecular formula is C25H25NO9S. The first-order chi connectivity index (χ1) is 17.2. The summed E-state index contributed by atoms with van der Waals surface area (Å²) in [5.41, 5.74) is 0.509. The smallest absolute Gasteiger partial charge is 0.339 e. The van der Waals surface area contributed by atoms with Crippen LogP contribution in [-0.4, -0.2) is 32.5 Å². The summed E-state index contributed by atoms with van der Waals surface area (Å²) in [5.74, 6) is 0.602. The highest BCUT2D eigenvalue weighted by atomic mass is 32.2. The zero-order chi connectivity index (χ0) is 26.1. The number of ether oxygens (including phenoxy) is 3.